The number of carbonyl (C=O) groups is 2. The smallest absolute Gasteiger partial charge is 0.243 e. The minimum atomic E-state index is -0.322. The number of carbonyl (C=O) groups excluding carboxylic acids is 2. The van der Waals surface area contributed by atoms with Crippen LogP contribution in [0.1, 0.15) is 19.4 Å². The van der Waals surface area contributed by atoms with Gasteiger partial charge in [-0.25, -0.2) is 0 Å². The maximum atomic E-state index is 11.8. The first-order valence-electron chi connectivity index (χ1n) is 6.40. The Morgan fingerprint density at radius 3 is 2.55 bits per heavy atom. The van der Waals surface area contributed by atoms with Gasteiger partial charge in [-0.05, 0) is 37.6 Å². The summed E-state index contributed by atoms with van der Waals surface area (Å²) in [6.07, 6.45) is 0. The second kappa shape index (κ2) is 7.40. The predicted octanol–water partition coefficient (Wildman–Crippen LogP) is 1.80. The number of nitrogens with two attached hydrogens (primary N) is 1. The number of nitrogens with one attached hydrogen (secondary N) is 2. The minimum absolute atomic E-state index is 0.0641. The van der Waals surface area contributed by atoms with Gasteiger partial charge in [-0.2, -0.15) is 0 Å². The molecular formula is C14H20BrN3O2. The fraction of sp³-hybridized carbons (Fsp3) is 0.429. The van der Waals surface area contributed by atoms with Crippen molar-refractivity contribution >= 4 is 33.4 Å². The first-order valence-corrected chi connectivity index (χ1v) is 7.20. The summed E-state index contributed by atoms with van der Waals surface area (Å²) in [5.41, 5.74) is 7.31. The number of benzene rings is 1. The van der Waals surface area contributed by atoms with Crippen molar-refractivity contribution in [3.8, 4) is 0 Å². The Balaban J connectivity index is 2.50. The molecule has 1 rings (SSSR count). The van der Waals surface area contributed by atoms with Gasteiger partial charge in [-0.3, -0.25) is 9.59 Å². The van der Waals surface area contributed by atoms with Crippen molar-refractivity contribution < 1.29 is 9.59 Å². The summed E-state index contributed by atoms with van der Waals surface area (Å²) in [7, 11) is 0. The molecule has 0 saturated heterocycles. The van der Waals surface area contributed by atoms with Gasteiger partial charge in [0, 0.05) is 22.1 Å². The third kappa shape index (κ3) is 4.94. The third-order valence-corrected chi connectivity index (χ3v) is 3.58. The van der Waals surface area contributed by atoms with Crippen LogP contribution in [-0.2, 0) is 9.59 Å². The highest BCUT2D eigenvalue weighted by Gasteiger charge is 2.17. The zero-order chi connectivity index (χ0) is 15.3. The molecule has 0 aliphatic carbocycles. The van der Waals surface area contributed by atoms with Gasteiger partial charge in [0.25, 0.3) is 0 Å². The van der Waals surface area contributed by atoms with E-state index in [4.69, 9.17) is 5.73 Å². The molecule has 0 saturated carbocycles. The summed E-state index contributed by atoms with van der Waals surface area (Å²) in [5, 5.41) is 5.33. The first kappa shape index (κ1) is 16.7. The minimum Gasteiger partial charge on any atom is -0.347 e. The summed E-state index contributed by atoms with van der Waals surface area (Å²) in [5.74, 6) is -0.805. The Labute approximate surface area is 127 Å². The molecule has 1 aromatic carbocycles. The van der Waals surface area contributed by atoms with Crippen LogP contribution < -0.4 is 16.4 Å². The molecule has 0 aromatic heterocycles. The van der Waals surface area contributed by atoms with Crippen molar-refractivity contribution in [3.63, 3.8) is 0 Å². The molecule has 0 bridgehead atoms. The van der Waals surface area contributed by atoms with E-state index in [0.717, 1.165) is 15.7 Å². The number of aryl methyl sites for hydroxylation is 1. The predicted molar refractivity (Wildman–Crippen MR) is 83.3 cm³/mol. The fourth-order valence-corrected chi connectivity index (χ4v) is 2.00. The monoisotopic (exact) mass is 341 g/mol. The Hall–Kier alpha value is -1.40. The average Bonchev–Trinajstić information content (AvgIpc) is 2.38. The van der Waals surface area contributed by atoms with Crippen LogP contribution >= 0.6 is 15.9 Å². The molecule has 6 heteroatoms. The molecular weight excluding hydrogens is 322 g/mol. The number of halogens is 1. The highest BCUT2D eigenvalue weighted by atomic mass is 79.9. The third-order valence-electron chi connectivity index (χ3n) is 3.09. The summed E-state index contributed by atoms with van der Waals surface area (Å²) in [6.45, 7) is 5.33. The lowest BCUT2D eigenvalue weighted by atomic mass is 10.0. The lowest BCUT2D eigenvalue weighted by Gasteiger charge is -2.15. The van der Waals surface area contributed by atoms with Gasteiger partial charge >= 0.3 is 0 Å². The van der Waals surface area contributed by atoms with E-state index in [1.807, 2.05) is 25.1 Å². The molecule has 1 aromatic rings. The number of anilines is 1. The van der Waals surface area contributed by atoms with Crippen LogP contribution in [0.4, 0.5) is 5.69 Å². The number of amides is 2. The molecule has 0 aliphatic rings. The van der Waals surface area contributed by atoms with Gasteiger partial charge in [-0.1, -0.05) is 22.9 Å². The highest BCUT2D eigenvalue weighted by molar-refractivity contribution is 9.10. The van der Waals surface area contributed by atoms with Crippen molar-refractivity contribution in [2.45, 2.75) is 26.8 Å². The van der Waals surface area contributed by atoms with Gasteiger partial charge < -0.3 is 16.4 Å². The molecule has 0 fully saturated rings. The molecule has 2 unspecified atom stereocenters. The number of hydrogen-bond acceptors (Lipinski definition) is 3. The van der Waals surface area contributed by atoms with E-state index < -0.39 is 0 Å². The topological polar surface area (TPSA) is 84.2 Å². The Morgan fingerprint density at radius 1 is 1.35 bits per heavy atom. The summed E-state index contributed by atoms with van der Waals surface area (Å²) < 4.78 is 0.951. The van der Waals surface area contributed by atoms with Gasteiger partial charge in [0.05, 0.1) is 6.54 Å². The zero-order valence-corrected chi connectivity index (χ0v) is 13.5. The molecule has 4 N–H and O–H groups in total. The normalized spacial score (nSPS) is 13.4. The van der Waals surface area contributed by atoms with E-state index >= 15 is 0 Å². The van der Waals surface area contributed by atoms with Crippen LogP contribution in [0.25, 0.3) is 0 Å². The quantitative estimate of drug-likeness (QED) is 0.763. The lowest BCUT2D eigenvalue weighted by molar-refractivity contribution is -0.127. The Kier molecular flexibility index (Phi) is 6.16. The van der Waals surface area contributed by atoms with E-state index in [-0.39, 0.29) is 30.3 Å². The van der Waals surface area contributed by atoms with Crippen LogP contribution in [0, 0.1) is 12.8 Å². The summed E-state index contributed by atoms with van der Waals surface area (Å²) >= 11 is 3.36. The lowest BCUT2D eigenvalue weighted by Crippen LogP contribution is -2.41. The average molecular weight is 342 g/mol. The largest absolute Gasteiger partial charge is 0.347 e. The van der Waals surface area contributed by atoms with Gasteiger partial charge in [-0.15, -0.1) is 0 Å². The van der Waals surface area contributed by atoms with E-state index in [1.165, 1.54) is 0 Å². The van der Waals surface area contributed by atoms with Crippen LogP contribution in [0.2, 0.25) is 0 Å². The van der Waals surface area contributed by atoms with Crippen LogP contribution in [0.5, 0.6) is 0 Å². The molecule has 0 heterocycles. The molecule has 0 spiro atoms. The van der Waals surface area contributed by atoms with Gasteiger partial charge in [0.2, 0.25) is 11.8 Å². The molecule has 110 valence electrons. The molecule has 20 heavy (non-hydrogen) atoms. The van der Waals surface area contributed by atoms with Crippen LogP contribution in [-0.4, -0.2) is 24.4 Å². The van der Waals surface area contributed by atoms with Crippen molar-refractivity contribution in [2.75, 3.05) is 11.9 Å². The molecule has 0 radical (unpaired) electrons. The molecule has 5 nitrogen and oxygen atoms in total. The second-order valence-corrected chi connectivity index (χ2v) is 5.79. The zero-order valence-electron chi connectivity index (χ0n) is 11.9. The Bertz CT molecular complexity index is 503. The standard InChI is InChI=1S/C14H20BrN3O2/c1-8-6-11(15)4-5-12(8)18-13(19)7-17-14(20)9(2)10(3)16/h4-6,9-10H,7,16H2,1-3H3,(H,17,20)(H,18,19). The number of hydrogen-bond donors (Lipinski definition) is 3. The van der Waals surface area contributed by atoms with E-state index in [2.05, 4.69) is 26.6 Å². The van der Waals surface area contributed by atoms with E-state index in [0.29, 0.717) is 0 Å². The maximum absolute atomic E-state index is 11.8. The SMILES string of the molecule is Cc1cc(Br)ccc1NC(=O)CNC(=O)C(C)C(C)N. The number of rotatable bonds is 5. The molecule has 2 atom stereocenters. The molecule has 0 aliphatic heterocycles. The highest BCUT2D eigenvalue weighted by Crippen LogP contribution is 2.19. The van der Waals surface area contributed by atoms with Crippen molar-refractivity contribution in [3.05, 3.63) is 28.2 Å². The van der Waals surface area contributed by atoms with Crippen molar-refractivity contribution in [1.82, 2.24) is 5.32 Å². The van der Waals surface area contributed by atoms with E-state index in [1.54, 1.807) is 13.8 Å². The first-order chi connectivity index (χ1) is 9.31. The molecule has 2 amide bonds. The summed E-state index contributed by atoms with van der Waals surface area (Å²) in [4.78, 5) is 23.5. The van der Waals surface area contributed by atoms with E-state index in [9.17, 15) is 9.59 Å². The summed E-state index contributed by atoms with van der Waals surface area (Å²) in [6, 6.07) is 5.32. The van der Waals surface area contributed by atoms with Crippen LogP contribution in [0.3, 0.4) is 0 Å². The van der Waals surface area contributed by atoms with Gasteiger partial charge in [0.1, 0.15) is 0 Å². The van der Waals surface area contributed by atoms with Crippen LogP contribution in [0.15, 0.2) is 22.7 Å². The van der Waals surface area contributed by atoms with Gasteiger partial charge in [0.15, 0.2) is 0 Å². The maximum Gasteiger partial charge on any atom is 0.243 e. The van der Waals surface area contributed by atoms with Crippen molar-refractivity contribution in [2.24, 2.45) is 11.7 Å². The van der Waals surface area contributed by atoms with Crippen molar-refractivity contribution in [1.29, 1.82) is 0 Å². The Morgan fingerprint density at radius 2 is 2.00 bits per heavy atom. The second-order valence-electron chi connectivity index (χ2n) is 4.87. The fourth-order valence-electron chi connectivity index (χ4n) is 1.53.